The molecule has 3 aromatic carbocycles. The lowest BCUT2D eigenvalue weighted by molar-refractivity contribution is 0.0695. The van der Waals surface area contributed by atoms with Gasteiger partial charge in [-0.25, -0.2) is 9.59 Å². The Morgan fingerprint density at radius 1 is 0.875 bits per heavy atom. The molecule has 0 bridgehead atoms. The third-order valence-corrected chi connectivity index (χ3v) is 4.14. The molecule has 4 nitrogen and oxygen atoms in total. The fourth-order valence-electron chi connectivity index (χ4n) is 2.17. The molecule has 0 spiro atoms. The Balaban J connectivity index is 0.000000175. The van der Waals surface area contributed by atoms with Gasteiger partial charge in [-0.05, 0) is 41.5 Å². The van der Waals surface area contributed by atoms with E-state index in [2.05, 4.69) is 46.3 Å². The van der Waals surface area contributed by atoms with Gasteiger partial charge in [-0.15, -0.1) is 0 Å². The van der Waals surface area contributed by atoms with Gasteiger partial charge in [0.05, 0.1) is 11.1 Å². The van der Waals surface area contributed by atoms with E-state index in [0.29, 0.717) is 5.56 Å². The summed E-state index contributed by atoms with van der Waals surface area (Å²) in [6.45, 7) is 1.62. The van der Waals surface area contributed by atoms with E-state index in [-0.39, 0.29) is 11.1 Å². The lowest BCUT2D eigenvalue weighted by Gasteiger charge is -2.01. The van der Waals surface area contributed by atoms with Crippen molar-refractivity contribution in [2.24, 2.45) is 0 Å². The van der Waals surface area contributed by atoms with Crippen molar-refractivity contribution in [3.8, 4) is 0 Å². The molecule has 0 atom stereocenters. The van der Waals surface area contributed by atoms with Crippen molar-refractivity contribution in [3.05, 3.63) is 81.8 Å². The van der Waals surface area contributed by atoms with Crippen molar-refractivity contribution in [3.63, 3.8) is 0 Å². The molecule has 0 unspecified atom stereocenters. The number of fused-ring (bicyclic) bond motifs is 1. The molecule has 0 radical (unpaired) electrons. The minimum atomic E-state index is -1.12. The molecule has 0 fully saturated rings. The average molecular weight is 387 g/mol. The Labute approximate surface area is 147 Å². The summed E-state index contributed by atoms with van der Waals surface area (Å²) in [6, 6.07) is 18.5. The standard InChI is InChI=1S/C10H7Br.C9H8O4/c11-10-7-3-5-8-4-1-2-6-9(8)10;1-5-2-3-6(8(10)11)4-7(5)9(12)13/h1-7H;2-4H,1H3,(H,10,11)(H,12,13). The van der Waals surface area contributed by atoms with Crippen LogP contribution in [-0.4, -0.2) is 22.2 Å². The van der Waals surface area contributed by atoms with Gasteiger partial charge >= 0.3 is 11.9 Å². The molecule has 2 N–H and O–H groups in total. The summed E-state index contributed by atoms with van der Waals surface area (Å²) in [5, 5.41) is 19.8. The molecule has 0 aliphatic carbocycles. The lowest BCUT2D eigenvalue weighted by atomic mass is 10.1. The van der Waals surface area contributed by atoms with Crippen molar-refractivity contribution in [2.75, 3.05) is 0 Å². The summed E-state index contributed by atoms with van der Waals surface area (Å²) in [5.41, 5.74) is 0.570. The van der Waals surface area contributed by atoms with E-state index >= 15 is 0 Å². The predicted octanol–water partition coefficient (Wildman–Crippen LogP) is 4.99. The highest BCUT2D eigenvalue weighted by Crippen LogP contribution is 2.22. The molecule has 0 aliphatic heterocycles. The molecule has 0 saturated heterocycles. The van der Waals surface area contributed by atoms with E-state index in [9.17, 15) is 9.59 Å². The third kappa shape index (κ3) is 4.20. The van der Waals surface area contributed by atoms with Gasteiger partial charge in [-0.1, -0.05) is 58.4 Å². The van der Waals surface area contributed by atoms with E-state index in [0.717, 1.165) is 10.5 Å². The summed E-state index contributed by atoms with van der Waals surface area (Å²) < 4.78 is 1.16. The fraction of sp³-hybridized carbons (Fsp3) is 0.0526. The van der Waals surface area contributed by atoms with E-state index in [1.165, 1.54) is 22.9 Å². The molecule has 3 rings (SSSR count). The van der Waals surface area contributed by atoms with Gasteiger partial charge in [0.25, 0.3) is 0 Å². The van der Waals surface area contributed by atoms with Gasteiger partial charge in [-0.2, -0.15) is 0 Å². The zero-order valence-electron chi connectivity index (χ0n) is 12.9. The van der Waals surface area contributed by atoms with Crippen molar-refractivity contribution >= 4 is 38.6 Å². The monoisotopic (exact) mass is 386 g/mol. The molecular formula is C19H15BrO4. The number of carbonyl (C=O) groups is 2. The Kier molecular flexibility index (Phi) is 5.71. The predicted molar refractivity (Wildman–Crippen MR) is 96.7 cm³/mol. The second-order valence-electron chi connectivity index (χ2n) is 5.10. The van der Waals surface area contributed by atoms with Crippen LogP contribution in [0.15, 0.2) is 65.1 Å². The van der Waals surface area contributed by atoms with Crippen molar-refractivity contribution in [2.45, 2.75) is 6.92 Å². The maximum Gasteiger partial charge on any atom is 0.335 e. The Morgan fingerprint density at radius 3 is 2.17 bits per heavy atom. The SMILES string of the molecule is Brc1cccc2ccccc12.Cc1ccc(C(=O)O)cc1C(=O)O. The van der Waals surface area contributed by atoms with E-state index in [4.69, 9.17) is 10.2 Å². The third-order valence-electron chi connectivity index (χ3n) is 3.45. The van der Waals surface area contributed by atoms with Crippen LogP contribution in [0.1, 0.15) is 26.3 Å². The van der Waals surface area contributed by atoms with Crippen molar-refractivity contribution in [1.29, 1.82) is 0 Å². The quantitative estimate of drug-likeness (QED) is 0.650. The number of carboxylic acid groups (broad SMARTS) is 2. The Hall–Kier alpha value is -2.66. The second kappa shape index (κ2) is 7.75. The van der Waals surface area contributed by atoms with Crippen molar-refractivity contribution in [1.82, 2.24) is 0 Å². The summed E-state index contributed by atoms with van der Waals surface area (Å²) in [4.78, 5) is 21.1. The van der Waals surface area contributed by atoms with Crippen molar-refractivity contribution < 1.29 is 19.8 Å². The van der Waals surface area contributed by atoms with Crippen LogP contribution < -0.4 is 0 Å². The first-order valence-corrected chi connectivity index (χ1v) is 7.90. The highest BCUT2D eigenvalue weighted by Gasteiger charge is 2.10. The smallest absolute Gasteiger partial charge is 0.335 e. The summed E-state index contributed by atoms with van der Waals surface area (Å²) in [7, 11) is 0. The second-order valence-corrected chi connectivity index (χ2v) is 5.96. The first-order valence-electron chi connectivity index (χ1n) is 7.10. The summed E-state index contributed by atoms with van der Waals surface area (Å²) in [6.07, 6.45) is 0. The lowest BCUT2D eigenvalue weighted by Crippen LogP contribution is -2.03. The zero-order valence-corrected chi connectivity index (χ0v) is 14.4. The van der Waals surface area contributed by atoms with Crippen LogP contribution in [0, 0.1) is 6.92 Å². The number of hydrogen-bond donors (Lipinski definition) is 2. The summed E-state index contributed by atoms with van der Waals surface area (Å²) in [5.74, 6) is -2.23. The molecule has 0 aliphatic rings. The molecule has 122 valence electrons. The maximum atomic E-state index is 10.6. The Bertz CT molecular complexity index is 898. The van der Waals surface area contributed by atoms with Crippen LogP contribution in [0.3, 0.4) is 0 Å². The van der Waals surface area contributed by atoms with Crippen LogP contribution >= 0.6 is 15.9 Å². The van der Waals surface area contributed by atoms with E-state index < -0.39 is 11.9 Å². The molecule has 0 heterocycles. The van der Waals surface area contributed by atoms with Gasteiger partial charge in [0.2, 0.25) is 0 Å². The minimum Gasteiger partial charge on any atom is -0.478 e. The number of aromatic carboxylic acids is 2. The highest BCUT2D eigenvalue weighted by molar-refractivity contribution is 9.10. The van der Waals surface area contributed by atoms with E-state index in [1.807, 2.05) is 12.1 Å². The number of rotatable bonds is 2. The van der Waals surface area contributed by atoms with Crippen LogP contribution in [0.5, 0.6) is 0 Å². The largest absolute Gasteiger partial charge is 0.478 e. The Morgan fingerprint density at radius 2 is 1.54 bits per heavy atom. The summed E-state index contributed by atoms with van der Waals surface area (Å²) >= 11 is 3.50. The van der Waals surface area contributed by atoms with Gasteiger partial charge < -0.3 is 10.2 Å². The first kappa shape index (κ1) is 17.7. The fourth-order valence-corrected chi connectivity index (χ4v) is 2.69. The van der Waals surface area contributed by atoms with Crippen LogP contribution in [-0.2, 0) is 0 Å². The van der Waals surface area contributed by atoms with Gasteiger partial charge in [0, 0.05) is 4.47 Å². The normalized spacial score (nSPS) is 9.92. The molecule has 0 aromatic heterocycles. The van der Waals surface area contributed by atoms with Gasteiger partial charge in [-0.3, -0.25) is 0 Å². The molecular weight excluding hydrogens is 372 g/mol. The number of hydrogen-bond acceptors (Lipinski definition) is 2. The minimum absolute atomic E-state index is 0.0111. The number of halogens is 1. The molecule has 24 heavy (non-hydrogen) atoms. The van der Waals surface area contributed by atoms with Crippen LogP contribution in [0.2, 0.25) is 0 Å². The van der Waals surface area contributed by atoms with Gasteiger partial charge in [0.1, 0.15) is 0 Å². The van der Waals surface area contributed by atoms with E-state index in [1.54, 1.807) is 6.92 Å². The molecule has 3 aromatic rings. The molecule has 0 saturated carbocycles. The van der Waals surface area contributed by atoms with Gasteiger partial charge in [0.15, 0.2) is 0 Å². The molecule has 0 amide bonds. The van der Waals surface area contributed by atoms with Crippen LogP contribution in [0.4, 0.5) is 0 Å². The highest BCUT2D eigenvalue weighted by atomic mass is 79.9. The first-order chi connectivity index (χ1) is 11.4. The number of aryl methyl sites for hydroxylation is 1. The van der Waals surface area contributed by atoms with Crippen LogP contribution in [0.25, 0.3) is 10.8 Å². The maximum absolute atomic E-state index is 10.6. The number of carboxylic acids is 2. The average Bonchev–Trinajstić information content (AvgIpc) is 2.56. The molecule has 5 heteroatoms. The zero-order chi connectivity index (χ0) is 17.7. The number of benzene rings is 3. The topological polar surface area (TPSA) is 74.6 Å².